The number of nitrogens with one attached hydrogen (secondary N) is 2. The monoisotopic (exact) mass is 361 g/mol. The van der Waals surface area contributed by atoms with Crippen molar-refractivity contribution in [2.75, 3.05) is 38.2 Å². The van der Waals surface area contributed by atoms with E-state index in [9.17, 15) is 4.79 Å². The Hall–Kier alpha value is -2.12. The van der Waals surface area contributed by atoms with Gasteiger partial charge in [0.05, 0.1) is 19.8 Å². The molecule has 1 aromatic rings. The van der Waals surface area contributed by atoms with Crippen LogP contribution in [0.2, 0.25) is 0 Å². The maximum atomic E-state index is 12.2. The van der Waals surface area contributed by atoms with Crippen LogP contribution >= 0.6 is 0 Å². The Morgan fingerprint density at radius 2 is 2.04 bits per heavy atom. The second-order valence-electron chi connectivity index (χ2n) is 7.53. The van der Waals surface area contributed by atoms with Crippen LogP contribution in [0.25, 0.3) is 0 Å². The quantitative estimate of drug-likeness (QED) is 0.528. The predicted molar refractivity (Wildman–Crippen MR) is 105 cm³/mol. The molecule has 1 amide bonds. The zero-order chi connectivity index (χ0) is 19.0. The average molecular weight is 361 g/mol. The molecule has 1 fully saturated rings. The van der Waals surface area contributed by atoms with E-state index < -0.39 is 0 Å². The van der Waals surface area contributed by atoms with Crippen molar-refractivity contribution in [1.29, 1.82) is 0 Å². The molecule has 7 nitrogen and oxygen atoms in total. The summed E-state index contributed by atoms with van der Waals surface area (Å²) in [5, 5.41) is 6.08. The van der Waals surface area contributed by atoms with E-state index in [0.717, 1.165) is 44.1 Å². The van der Waals surface area contributed by atoms with Gasteiger partial charge in [0.15, 0.2) is 5.96 Å². The first-order chi connectivity index (χ1) is 12.3. The van der Waals surface area contributed by atoms with Crippen LogP contribution in [0.3, 0.4) is 0 Å². The molecule has 144 valence electrons. The number of morpholine rings is 1. The number of hydrogen-bond acceptors (Lipinski definition) is 4. The van der Waals surface area contributed by atoms with Crippen molar-refractivity contribution < 1.29 is 9.53 Å². The van der Waals surface area contributed by atoms with Crippen molar-refractivity contribution in [3.8, 4) is 0 Å². The number of nitrogens with two attached hydrogens (primary N) is 1. The van der Waals surface area contributed by atoms with Crippen LogP contribution in [0, 0.1) is 0 Å². The standard InChI is InChI=1S/C19H31N5O2/c1-19(2,3)23-18(20)21-14-15-5-4-6-16(13-15)22-17(25)7-8-24-9-11-26-12-10-24/h4-6,13H,7-12,14H2,1-3H3,(H,22,25)(H3,20,21,23). The molecular weight excluding hydrogens is 330 g/mol. The fraction of sp³-hybridized carbons (Fsp3) is 0.579. The van der Waals surface area contributed by atoms with Gasteiger partial charge in [-0.1, -0.05) is 12.1 Å². The Balaban J connectivity index is 1.82. The number of amides is 1. The number of nitrogens with zero attached hydrogens (tertiary/aromatic N) is 2. The highest BCUT2D eigenvalue weighted by Gasteiger charge is 2.12. The van der Waals surface area contributed by atoms with E-state index in [1.165, 1.54) is 0 Å². The lowest BCUT2D eigenvalue weighted by Gasteiger charge is -2.26. The number of carbonyl (C=O) groups excluding carboxylic acids is 1. The van der Waals surface area contributed by atoms with Crippen LogP contribution in [0.15, 0.2) is 29.3 Å². The minimum absolute atomic E-state index is 0.0195. The SMILES string of the molecule is CC(C)(C)NC(N)=NCc1cccc(NC(=O)CCN2CCOCC2)c1. The third-order valence-corrected chi connectivity index (χ3v) is 3.90. The minimum atomic E-state index is -0.121. The van der Waals surface area contributed by atoms with E-state index in [-0.39, 0.29) is 11.4 Å². The van der Waals surface area contributed by atoms with Crippen LogP contribution in [0.4, 0.5) is 5.69 Å². The number of rotatable bonds is 6. The van der Waals surface area contributed by atoms with Gasteiger partial charge in [0.25, 0.3) is 0 Å². The van der Waals surface area contributed by atoms with E-state index in [4.69, 9.17) is 10.5 Å². The lowest BCUT2D eigenvalue weighted by molar-refractivity contribution is -0.116. The van der Waals surface area contributed by atoms with Crippen LogP contribution in [0.5, 0.6) is 0 Å². The molecule has 2 rings (SSSR count). The molecule has 1 saturated heterocycles. The fourth-order valence-corrected chi connectivity index (χ4v) is 2.66. The summed E-state index contributed by atoms with van der Waals surface area (Å²) in [6.45, 7) is 10.6. The summed E-state index contributed by atoms with van der Waals surface area (Å²) in [7, 11) is 0. The second kappa shape index (κ2) is 9.54. The van der Waals surface area contributed by atoms with Crippen molar-refractivity contribution in [1.82, 2.24) is 10.2 Å². The Kier molecular flexibility index (Phi) is 7.41. The van der Waals surface area contributed by atoms with Gasteiger partial charge in [0.1, 0.15) is 0 Å². The lowest BCUT2D eigenvalue weighted by atomic mass is 10.1. The highest BCUT2D eigenvalue weighted by Crippen LogP contribution is 2.12. The number of hydrogen-bond donors (Lipinski definition) is 3. The normalized spacial score (nSPS) is 16.3. The first-order valence-electron chi connectivity index (χ1n) is 9.09. The van der Waals surface area contributed by atoms with Gasteiger partial charge in [0, 0.05) is 37.3 Å². The molecule has 0 unspecified atom stereocenters. The van der Waals surface area contributed by atoms with Gasteiger partial charge >= 0.3 is 0 Å². The number of aliphatic imine (C=N–C) groups is 1. The Labute approximate surface area is 156 Å². The molecule has 1 heterocycles. The fourth-order valence-electron chi connectivity index (χ4n) is 2.66. The van der Waals surface area contributed by atoms with Crippen molar-refractivity contribution in [3.05, 3.63) is 29.8 Å². The molecule has 4 N–H and O–H groups in total. The number of benzene rings is 1. The van der Waals surface area contributed by atoms with E-state index in [1.807, 2.05) is 45.0 Å². The molecule has 26 heavy (non-hydrogen) atoms. The third kappa shape index (κ3) is 7.84. The largest absolute Gasteiger partial charge is 0.379 e. The molecule has 0 spiro atoms. The van der Waals surface area contributed by atoms with Crippen LogP contribution in [0.1, 0.15) is 32.8 Å². The van der Waals surface area contributed by atoms with Crippen molar-refractivity contribution in [2.45, 2.75) is 39.3 Å². The molecular formula is C19H31N5O2. The van der Waals surface area contributed by atoms with E-state index in [1.54, 1.807) is 0 Å². The second-order valence-corrected chi connectivity index (χ2v) is 7.53. The summed E-state index contributed by atoms with van der Waals surface area (Å²) in [6.07, 6.45) is 0.477. The minimum Gasteiger partial charge on any atom is -0.379 e. The molecule has 0 atom stereocenters. The number of carbonyl (C=O) groups is 1. The lowest BCUT2D eigenvalue weighted by Crippen LogP contribution is -2.44. The van der Waals surface area contributed by atoms with Crippen molar-refractivity contribution in [3.63, 3.8) is 0 Å². The first-order valence-corrected chi connectivity index (χ1v) is 9.09. The molecule has 0 aromatic heterocycles. The van der Waals surface area contributed by atoms with Crippen LogP contribution < -0.4 is 16.4 Å². The van der Waals surface area contributed by atoms with Gasteiger partial charge in [-0.15, -0.1) is 0 Å². The molecule has 1 aromatic carbocycles. The van der Waals surface area contributed by atoms with Crippen molar-refractivity contribution in [2.24, 2.45) is 10.7 Å². The molecule has 0 aliphatic carbocycles. The number of guanidine groups is 1. The van der Waals surface area contributed by atoms with Gasteiger partial charge in [-0.3, -0.25) is 9.69 Å². The zero-order valence-corrected chi connectivity index (χ0v) is 16.0. The summed E-state index contributed by atoms with van der Waals surface area (Å²) in [5.41, 5.74) is 7.55. The summed E-state index contributed by atoms with van der Waals surface area (Å²) < 4.78 is 5.32. The Morgan fingerprint density at radius 3 is 2.73 bits per heavy atom. The van der Waals surface area contributed by atoms with E-state index >= 15 is 0 Å². The molecule has 1 aliphatic heterocycles. The summed E-state index contributed by atoms with van der Waals surface area (Å²) in [5.74, 6) is 0.434. The molecule has 1 aliphatic rings. The third-order valence-electron chi connectivity index (χ3n) is 3.90. The first kappa shape index (κ1) is 20.2. The topological polar surface area (TPSA) is 92.0 Å². The van der Waals surface area contributed by atoms with E-state index in [0.29, 0.717) is 18.9 Å². The summed E-state index contributed by atoms with van der Waals surface area (Å²) >= 11 is 0. The molecule has 0 radical (unpaired) electrons. The maximum absolute atomic E-state index is 12.2. The maximum Gasteiger partial charge on any atom is 0.225 e. The van der Waals surface area contributed by atoms with Crippen LogP contribution in [-0.4, -0.2) is 55.2 Å². The Morgan fingerprint density at radius 1 is 1.31 bits per heavy atom. The van der Waals surface area contributed by atoms with Gasteiger partial charge < -0.3 is 21.1 Å². The van der Waals surface area contributed by atoms with Crippen LogP contribution in [-0.2, 0) is 16.1 Å². The zero-order valence-electron chi connectivity index (χ0n) is 16.0. The average Bonchev–Trinajstić information content (AvgIpc) is 2.58. The van der Waals surface area contributed by atoms with Gasteiger partial charge in [-0.05, 0) is 38.5 Å². The summed E-state index contributed by atoms with van der Waals surface area (Å²) in [6, 6.07) is 7.70. The number of ether oxygens (including phenoxy) is 1. The Bertz CT molecular complexity index is 619. The van der Waals surface area contributed by atoms with Gasteiger partial charge in [-0.25, -0.2) is 4.99 Å². The molecule has 7 heteroatoms. The van der Waals surface area contributed by atoms with Crippen molar-refractivity contribution >= 4 is 17.6 Å². The number of anilines is 1. The highest BCUT2D eigenvalue weighted by atomic mass is 16.5. The molecule has 0 bridgehead atoms. The highest BCUT2D eigenvalue weighted by molar-refractivity contribution is 5.90. The molecule has 0 saturated carbocycles. The van der Waals surface area contributed by atoms with E-state index in [2.05, 4.69) is 20.5 Å². The predicted octanol–water partition coefficient (Wildman–Crippen LogP) is 1.55. The smallest absolute Gasteiger partial charge is 0.225 e. The summed E-state index contributed by atoms with van der Waals surface area (Å²) in [4.78, 5) is 18.8. The van der Waals surface area contributed by atoms with Gasteiger partial charge in [-0.2, -0.15) is 0 Å². The van der Waals surface area contributed by atoms with Gasteiger partial charge in [0.2, 0.25) is 5.91 Å².